The predicted octanol–water partition coefficient (Wildman–Crippen LogP) is 3.26. The second kappa shape index (κ2) is 7.67. The highest BCUT2D eigenvalue weighted by molar-refractivity contribution is 7.86. The molecule has 1 saturated heterocycles. The quantitative estimate of drug-likeness (QED) is 0.592. The van der Waals surface area contributed by atoms with E-state index in [4.69, 9.17) is 18.5 Å². The van der Waals surface area contributed by atoms with Crippen LogP contribution in [0.15, 0.2) is 17.0 Å². The fraction of sp³-hybridized carbons (Fsp3) is 0.700. The van der Waals surface area contributed by atoms with E-state index in [2.05, 4.69) is 0 Å². The van der Waals surface area contributed by atoms with E-state index in [1.165, 1.54) is 26.2 Å². The molecule has 2 heterocycles. The van der Waals surface area contributed by atoms with Gasteiger partial charge in [-0.3, -0.25) is 0 Å². The smallest absolute Gasteiger partial charge is 0.313 e. The molecule has 0 radical (unpaired) electrons. The molecule has 3 rings (SSSR count). The van der Waals surface area contributed by atoms with Crippen LogP contribution in [-0.4, -0.2) is 58.6 Å². The third-order valence-corrected chi connectivity index (χ3v) is 6.58. The minimum atomic E-state index is -4.07. The molecule has 1 fully saturated rings. The van der Waals surface area contributed by atoms with Gasteiger partial charge < -0.3 is 14.2 Å². The largest absolute Gasteiger partial charge is 0.493 e. The number of alkyl halides is 2. The molecule has 2 aliphatic rings. The molecule has 0 saturated carbocycles. The maximum atomic E-state index is 14.1. The first-order valence-electron chi connectivity index (χ1n) is 9.72. The summed E-state index contributed by atoms with van der Waals surface area (Å²) in [6.07, 6.45) is -2.35. The van der Waals surface area contributed by atoms with E-state index in [0.29, 0.717) is 29.9 Å². The zero-order valence-electron chi connectivity index (χ0n) is 18.1. The SMILES string of the molecule is CN(C)OS(=O)(=O)c1cc2c(c(C(C)(C)CC3(C(F)F)COC(C)(C)O3)c1)OCC2. The Labute approximate surface area is 176 Å². The Bertz CT molecular complexity index is 916. The second-order valence-electron chi connectivity index (χ2n) is 9.12. The second-order valence-corrected chi connectivity index (χ2v) is 10.6. The molecule has 7 nitrogen and oxygen atoms in total. The molecule has 1 unspecified atom stereocenters. The summed E-state index contributed by atoms with van der Waals surface area (Å²) < 4.78 is 75.4. The molecule has 1 atom stereocenters. The van der Waals surface area contributed by atoms with Crippen LogP contribution < -0.4 is 4.74 Å². The van der Waals surface area contributed by atoms with E-state index in [9.17, 15) is 17.2 Å². The first-order chi connectivity index (χ1) is 13.7. The van der Waals surface area contributed by atoms with Crippen molar-refractivity contribution in [3.05, 3.63) is 23.3 Å². The van der Waals surface area contributed by atoms with Gasteiger partial charge in [0, 0.05) is 26.1 Å². The van der Waals surface area contributed by atoms with Crippen LogP contribution in [0.2, 0.25) is 0 Å². The first-order valence-corrected chi connectivity index (χ1v) is 11.1. The molecule has 30 heavy (non-hydrogen) atoms. The molecule has 1 aromatic rings. The van der Waals surface area contributed by atoms with Crippen molar-refractivity contribution in [1.82, 2.24) is 5.06 Å². The minimum absolute atomic E-state index is 0.0430. The van der Waals surface area contributed by atoms with Gasteiger partial charge in [-0.1, -0.05) is 13.8 Å². The zero-order chi connectivity index (χ0) is 22.5. The molecule has 0 bridgehead atoms. The lowest BCUT2D eigenvalue weighted by molar-refractivity contribution is -0.197. The minimum Gasteiger partial charge on any atom is -0.493 e. The average molecular weight is 450 g/mol. The van der Waals surface area contributed by atoms with Crippen LogP contribution in [0.5, 0.6) is 5.75 Å². The van der Waals surface area contributed by atoms with Crippen molar-refractivity contribution in [2.24, 2.45) is 0 Å². The predicted molar refractivity (Wildman–Crippen MR) is 105 cm³/mol. The van der Waals surface area contributed by atoms with Gasteiger partial charge in [0.2, 0.25) is 0 Å². The van der Waals surface area contributed by atoms with E-state index in [1.807, 2.05) is 0 Å². The van der Waals surface area contributed by atoms with Gasteiger partial charge in [-0.15, -0.1) is 0 Å². The van der Waals surface area contributed by atoms with Crippen LogP contribution in [0.25, 0.3) is 0 Å². The number of rotatable bonds is 7. The van der Waals surface area contributed by atoms with Gasteiger partial charge in [-0.25, -0.2) is 8.78 Å². The van der Waals surface area contributed by atoms with E-state index in [1.54, 1.807) is 27.7 Å². The molecule has 10 heteroatoms. The molecule has 1 aromatic carbocycles. The monoisotopic (exact) mass is 449 g/mol. The number of hydroxylamine groups is 2. The Kier molecular flexibility index (Phi) is 5.96. The van der Waals surface area contributed by atoms with Crippen LogP contribution in [-0.2, 0) is 35.7 Å². The summed E-state index contributed by atoms with van der Waals surface area (Å²) in [7, 11) is -1.15. The number of fused-ring (bicyclic) bond motifs is 1. The lowest BCUT2D eigenvalue weighted by Gasteiger charge is -2.37. The van der Waals surface area contributed by atoms with Crippen molar-refractivity contribution in [2.45, 2.75) is 68.7 Å². The van der Waals surface area contributed by atoms with Crippen LogP contribution in [0, 0.1) is 0 Å². The highest BCUT2D eigenvalue weighted by Gasteiger charge is 2.55. The summed E-state index contributed by atoms with van der Waals surface area (Å²) in [5.41, 5.74) is -1.49. The van der Waals surface area contributed by atoms with Crippen LogP contribution in [0.1, 0.15) is 45.2 Å². The summed E-state index contributed by atoms with van der Waals surface area (Å²) in [6, 6.07) is 2.96. The van der Waals surface area contributed by atoms with Gasteiger partial charge in [-0.05, 0) is 43.4 Å². The van der Waals surface area contributed by atoms with Gasteiger partial charge in [0.15, 0.2) is 11.4 Å². The zero-order valence-corrected chi connectivity index (χ0v) is 18.9. The first kappa shape index (κ1) is 23.3. The summed E-state index contributed by atoms with van der Waals surface area (Å²) in [5, 5.41) is 1.08. The molecule has 0 spiro atoms. The lowest BCUT2D eigenvalue weighted by Crippen LogP contribution is -2.46. The van der Waals surface area contributed by atoms with Crippen molar-refractivity contribution >= 4 is 10.1 Å². The van der Waals surface area contributed by atoms with Crippen molar-refractivity contribution in [2.75, 3.05) is 27.3 Å². The lowest BCUT2D eigenvalue weighted by atomic mass is 9.74. The summed E-state index contributed by atoms with van der Waals surface area (Å²) in [5.74, 6) is -0.596. The van der Waals surface area contributed by atoms with Gasteiger partial charge in [0.1, 0.15) is 5.75 Å². The van der Waals surface area contributed by atoms with Gasteiger partial charge in [-0.2, -0.15) is 17.8 Å². The fourth-order valence-electron chi connectivity index (χ4n) is 4.12. The van der Waals surface area contributed by atoms with E-state index < -0.39 is 33.3 Å². The normalized spacial score (nSPS) is 23.8. The van der Waals surface area contributed by atoms with Crippen molar-refractivity contribution in [3.63, 3.8) is 0 Å². The molecule has 0 aliphatic carbocycles. The molecule has 0 amide bonds. The standard InChI is InChI=1S/C20H29F2NO6S/c1-18(2,11-20(17(21)22)12-27-19(3,4)28-20)15-10-14(30(24,25)29-23(5)6)9-13-7-8-26-16(13)15/h9-10,17H,7-8,11-12H2,1-6H3. The Balaban J connectivity index is 2.05. The number of ether oxygens (including phenoxy) is 3. The molecule has 0 N–H and O–H groups in total. The number of halogens is 2. The van der Waals surface area contributed by atoms with E-state index in [-0.39, 0.29) is 17.9 Å². The Morgan fingerprint density at radius 3 is 2.47 bits per heavy atom. The number of hydrogen-bond acceptors (Lipinski definition) is 7. The van der Waals surface area contributed by atoms with Crippen LogP contribution >= 0.6 is 0 Å². The van der Waals surface area contributed by atoms with Crippen molar-refractivity contribution in [3.8, 4) is 5.75 Å². The van der Waals surface area contributed by atoms with Gasteiger partial charge in [0.25, 0.3) is 6.43 Å². The Morgan fingerprint density at radius 2 is 1.93 bits per heavy atom. The number of nitrogens with zero attached hydrogens (tertiary/aromatic N) is 1. The summed E-state index contributed by atoms with van der Waals surface area (Å²) in [6.45, 7) is 6.86. The van der Waals surface area contributed by atoms with Gasteiger partial charge in [0.05, 0.1) is 18.1 Å². The topological polar surface area (TPSA) is 74.3 Å². The number of benzene rings is 1. The molecule has 170 valence electrons. The van der Waals surface area contributed by atoms with Crippen molar-refractivity contribution < 1.29 is 35.7 Å². The highest BCUT2D eigenvalue weighted by Crippen LogP contribution is 2.48. The molecular weight excluding hydrogens is 420 g/mol. The third-order valence-electron chi connectivity index (χ3n) is 5.27. The maximum Gasteiger partial charge on any atom is 0.313 e. The van der Waals surface area contributed by atoms with Gasteiger partial charge >= 0.3 is 10.1 Å². The maximum absolute atomic E-state index is 14.1. The Hall–Kier alpha value is -1.33. The van der Waals surface area contributed by atoms with E-state index in [0.717, 1.165) is 5.06 Å². The molecule has 2 aliphatic heterocycles. The third kappa shape index (κ3) is 4.47. The summed E-state index contributed by atoms with van der Waals surface area (Å²) >= 11 is 0. The molecule has 0 aromatic heterocycles. The van der Waals surface area contributed by atoms with Crippen LogP contribution in [0.4, 0.5) is 8.78 Å². The van der Waals surface area contributed by atoms with Crippen molar-refractivity contribution in [1.29, 1.82) is 0 Å². The van der Waals surface area contributed by atoms with Crippen LogP contribution in [0.3, 0.4) is 0 Å². The average Bonchev–Trinajstić information content (AvgIpc) is 3.16. The Morgan fingerprint density at radius 1 is 1.27 bits per heavy atom. The number of hydrogen-bond donors (Lipinski definition) is 0. The summed E-state index contributed by atoms with van der Waals surface area (Å²) in [4.78, 5) is -0.0430. The fourth-order valence-corrected chi connectivity index (χ4v) is 5.15. The molecular formula is C20H29F2NO6S. The highest BCUT2D eigenvalue weighted by atomic mass is 32.2. The van der Waals surface area contributed by atoms with E-state index >= 15 is 0 Å².